The lowest BCUT2D eigenvalue weighted by Crippen LogP contribution is -2.69. The highest BCUT2D eigenvalue weighted by atomic mass is 32.2. The summed E-state index contributed by atoms with van der Waals surface area (Å²) in [5.74, 6) is -0.704. The van der Waals surface area contributed by atoms with Crippen molar-refractivity contribution in [2.24, 2.45) is 17.3 Å². The molecule has 0 aromatic heterocycles. The Kier molecular flexibility index (Phi) is 6.44. The molecule has 3 fully saturated rings. The van der Waals surface area contributed by atoms with Crippen LogP contribution in [0, 0.1) is 23.1 Å². The van der Waals surface area contributed by atoms with Crippen molar-refractivity contribution in [1.29, 1.82) is 0 Å². The first-order valence-electron chi connectivity index (χ1n) is 12.0. The van der Waals surface area contributed by atoms with Gasteiger partial charge in [-0.15, -0.1) is 0 Å². The Labute approximate surface area is 200 Å². The van der Waals surface area contributed by atoms with Crippen molar-refractivity contribution in [3.05, 3.63) is 30.1 Å². The number of fused-ring (bicyclic) bond motifs is 1. The van der Waals surface area contributed by atoms with Crippen LogP contribution in [0.5, 0.6) is 0 Å². The van der Waals surface area contributed by atoms with Gasteiger partial charge >= 0.3 is 6.09 Å². The second kappa shape index (κ2) is 8.78. The molecular weight excluding hydrogens is 461 g/mol. The molecule has 2 heterocycles. The van der Waals surface area contributed by atoms with Crippen LogP contribution in [-0.4, -0.2) is 65.9 Å². The van der Waals surface area contributed by atoms with Gasteiger partial charge in [0, 0.05) is 25.7 Å². The minimum atomic E-state index is -3.76. The Hall–Kier alpha value is -2.20. The van der Waals surface area contributed by atoms with Crippen LogP contribution in [0.15, 0.2) is 29.2 Å². The van der Waals surface area contributed by atoms with E-state index in [1.165, 1.54) is 21.3 Å². The van der Waals surface area contributed by atoms with Gasteiger partial charge in [0.05, 0.1) is 4.90 Å². The first kappa shape index (κ1) is 24.9. The normalized spacial score (nSPS) is 30.2. The summed E-state index contributed by atoms with van der Waals surface area (Å²) in [4.78, 5) is 27.2. The van der Waals surface area contributed by atoms with E-state index >= 15 is 0 Å². The summed E-state index contributed by atoms with van der Waals surface area (Å²) >= 11 is 0. The maximum atomic E-state index is 13.8. The third-order valence-corrected chi connectivity index (χ3v) is 9.92. The van der Waals surface area contributed by atoms with E-state index in [1.54, 1.807) is 0 Å². The molecule has 4 rings (SSSR count). The number of likely N-dealkylation sites (tertiary alicyclic amines) is 1. The van der Waals surface area contributed by atoms with E-state index < -0.39 is 32.9 Å². The third kappa shape index (κ3) is 4.08. The number of sulfonamides is 1. The van der Waals surface area contributed by atoms with Gasteiger partial charge in [-0.2, -0.15) is 4.31 Å². The molecule has 1 saturated carbocycles. The van der Waals surface area contributed by atoms with E-state index in [4.69, 9.17) is 0 Å². The van der Waals surface area contributed by atoms with Crippen molar-refractivity contribution in [2.75, 3.05) is 19.6 Å². The summed E-state index contributed by atoms with van der Waals surface area (Å²) in [5, 5.41) is 13.1. The number of carboxylic acid groups (broad SMARTS) is 1. The summed E-state index contributed by atoms with van der Waals surface area (Å²) < 4.78 is 40.9. The van der Waals surface area contributed by atoms with Crippen LogP contribution >= 0.6 is 0 Å². The van der Waals surface area contributed by atoms with Crippen LogP contribution in [-0.2, 0) is 14.8 Å². The number of carbonyl (C=O) groups excluding carboxylic acids is 1. The Bertz CT molecular complexity index is 1060. The number of halogens is 1. The fourth-order valence-electron chi connectivity index (χ4n) is 6.24. The molecule has 4 atom stereocenters. The number of hydrogen-bond acceptors (Lipinski definition) is 4. The highest BCUT2D eigenvalue weighted by Gasteiger charge is 2.57. The molecular formula is C24H34FN3O5S. The smallest absolute Gasteiger partial charge is 0.408 e. The molecule has 188 valence electrons. The van der Waals surface area contributed by atoms with Crippen molar-refractivity contribution in [1.82, 2.24) is 14.5 Å². The number of piperidine rings is 1. The van der Waals surface area contributed by atoms with Gasteiger partial charge in [0.2, 0.25) is 15.9 Å². The molecule has 0 unspecified atom stereocenters. The second-order valence-corrected chi connectivity index (χ2v) is 12.8. The Morgan fingerprint density at radius 2 is 1.79 bits per heavy atom. The zero-order valence-corrected chi connectivity index (χ0v) is 20.8. The highest BCUT2D eigenvalue weighted by Crippen LogP contribution is 2.45. The van der Waals surface area contributed by atoms with Gasteiger partial charge in [0.25, 0.3) is 0 Å². The summed E-state index contributed by atoms with van der Waals surface area (Å²) in [6.07, 6.45) is 2.39. The Morgan fingerprint density at radius 3 is 2.41 bits per heavy atom. The zero-order valence-electron chi connectivity index (χ0n) is 20.0. The molecule has 8 nitrogen and oxygen atoms in total. The molecule has 1 aliphatic carbocycles. The maximum Gasteiger partial charge on any atom is 0.408 e. The monoisotopic (exact) mass is 495 g/mol. The van der Waals surface area contributed by atoms with Crippen molar-refractivity contribution < 1.29 is 27.5 Å². The molecule has 2 amide bonds. The number of hydrogen-bond donors (Lipinski definition) is 2. The number of rotatable bonds is 4. The van der Waals surface area contributed by atoms with Gasteiger partial charge in [-0.25, -0.2) is 17.6 Å². The SMILES string of the molecule is CC(C)(C)[C@]1(C(=O)N[C@@H]2CC[C@H]3CN(S(=O)(=O)c4ccc(F)cc4)C[C@H]32)CCCCN1C(=O)O. The first-order valence-corrected chi connectivity index (χ1v) is 13.4. The van der Waals surface area contributed by atoms with E-state index in [9.17, 15) is 27.5 Å². The summed E-state index contributed by atoms with van der Waals surface area (Å²) in [5.41, 5.74) is -1.78. The number of carbonyl (C=O) groups is 2. The van der Waals surface area contributed by atoms with Gasteiger partial charge in [-0.1, -0.05) is 20.8 Å². The molecule has 0 spiro atoms. The molecule has 1 aromatic carbocycles. The minimum Gasteiger partial charge on any atom is -0.465 e. The fourth-order valence-corrected chi connectivity index (χ4v) is 7.77. The third-order valence-electron chi connectivity index (χ3n) is 8.07. The van der Waals surface area contributed by atoms with E-state index in [2.05, 4.69) is 5.32 Å². The van der Waals surface area contributed by atoms with Gasteiger partial charge in [-0.05, 0) is 73.6 Å². The first-order chi connectivity index (χ1) is 15.9. The molecule has 0 bridgehead atoms. The van der Waals surface area contributed by atoms with Crippen molar-refractivity contribution >= 4 is 22.0 Å². The van der Waals surface area contributed by atoms with Crippen LogP contribution in [0.4, 0.5) is 9.18 Å². The summed E-state index contributed by atoms with van der Waals surface area (Å²) in [7, 11) is -3.76. The van der Waals surface area contributed by atoms with Crippen molar-refractivity contribution in [3.8, 4) is 0 Å². The fraction of sp³-hybridized carbons (Fsp3) is 0.667. The van der Waals surface area contributed by atoms with Crippen molar-refractivity contribution in [2.45, 2.75) is 69.4 Å². The lowest BCUT2D eigenvalue weighted by molar-refractivity contribution is -0.144. The van der Waals surface area contributed by atoms with E-state index in [-0.39, 0.29) is 35.2 Å². The highest BCUT2D eigenvalue weighted by molar-refractivity contribution is 7.89. The molecule has 1 aromatic rings. The molecule has 2 saturated heterocycles. The average molecular weight is 496 g/mol. The van der Waals surface area contributed by atoms with Crippen LogP contribution in [0.25, 0.3) is 0 Å². The Balaban J connectivity index is 1.53. The van der Waals surface area contributed by atoms with Crippen molar-refractivity contribution in [3.63, 3.8) is 0 Å². The van der Waals surface area contributed by atoms with E-state index in [1.807, 2.05) is 20.8 Å². The van der Waals surface area contributed by atoms with Crippen LogP contribution in [0.3, 0.4) is 0 Å². The van der Waals surface area contributed by atoms with Gasteiger partial charge < -0.3 is 10.4 Å². The Morgan fingerprint density at radius 1 is 1.12 bits per heavy atom. The number of nitrogens with zero attached hydrogens (tertiary/aromatic N) is 2. The van der Waals surface area contributed by atoms with Crippen LogP contribution in [0.1, 0.15) is 52.9 Å². The molecule has 34 heavy (non-hydrogen) atoms. The molecule has 2 aliphatic heterocycles. The van der Waals surface area contributed by atoms with Crippen LogP contribution < -0.4 is 5.32 Å². The molecule has 3 aliphatic rings. The topological polar surface area (TPSA) is 107 Å². The number of nitrogens with one attached hydrogen (secondary N) is 1. The summed E-state index contributed by atoms with van der Waals surface area (Å²) in [6.45, 7) is 6.66. The lowest BCUT2D eigenvalue weighted by Gasteiger charge is -2.52. The largest absolute Gasteiger partial charge is 0.465 e. The van der Waals surface area contributed by atoms with Gasteiger partial charge in [-0.3, -0.25) is 9.69 Å². The quantitative estimate of drug-likeness (QED) is 0.667. The van der Waals surface area contributed by atoms with E-state index in [0.717, 1.165) is 37.8 Å². The second-order valence-electron chi connectivity index (χ2n) is 10.9. The number of amides is 2. The van der Waals surface area contributed by atoms with Gasteiger partial charge in [0.15, 0.2) is 0 Å². The molecule has 2 N–H and O–H groups in total. The molecule has 10 heteroatoms. The average Bonchev–Trinajstić information content (AvgIpc) is 3.35. The maximum absolute atomic E-state index is 13.8. The van der Waals surface area contributed by atoms with Crippen LogP contribution in [0.2, 0.25) is 0 Å². The predicted octanol–water partition coefficient (Wildman–Crippen LogP) is 3.29. The standard InChI is InChI=1S/C24H34FN3O5S/c1-23(2,3)24(12-4-5-13-28(24)22(30)31)21(29)26-20-11-6-16-14-27(15-19(16)20)34(32,33)18-9-7-17(25)8-10-18/h7-10,16,19-20H,4-6,11-15H2,1-3H3,(H,26,29)(H,30,31)/t16-,19+,20+,24+/m0/s1. The zero-order chi connectivity index (χ0) is 24.9. The van der Waals surface area contributed by atoms with Gasteiger partial charge in [0.1, 0.15) is 11.4 Å². The predicted molar refractivity (Wildman–Crippen MR) is 124 cm³/mol. The number of benzene rings is 1. The molecule has 0 radical (unpaired) electrons. The van der Waals surface area contributed by atoms with E-state index in [0.29, 0.717) is 19.5 Å². The minimum absolute atomic E-state index is 0.0435. The lowest BCUT2D eigenvalue weighted by atomic mass is 9.67. The summed E-state index contributed by atoms with van der Waals surface area (Å²) in [6, 6.07) is 4.60.